The summed E-state index contributed by atoms with van der Waals surface area (Å²) in [5, 5.41) is 23.4. The van der Waals surface area contributed by atoms with E-state index in [1.54, 1.807) is 24.3 Å². The van der Waals surface area contributed by atoms with Gasteiger partial charge in [0.2, 0.25) is 0 Å². The third kappa shape index (κ3) is 5.76. The maximum Gasteiger partial charge on any atom is 0.341 e. The van der Waals surface area contributed by atoms with Crippen LogP contribution < -0.4 is 14.8 Å². The van der Waals surface area contributed by atoms with E-state index in [0.29, 0.717) is 23.1 Å². The largest absolute Gasteiger partial charge is 0.485 e. The molecule has 158 valence electrons. The summed E-state index contributed by atoms with van der Waals surface area (Å²) in [6.07, 6.45) is 0.0279. The minimum atomic E-state index is -1.01. The minimum absolute atomic E-state index is 0. The highest BCUT2D eigenvalue weighted by atomic mass is 35.5. The number of carbonyl (C=O) groups is 1. The van der Waals surface area contributed by atoms with Gasteiger partial charge >= 0.3 is 5.97 Å². The predicted molar refractivity (Wildman–Crippen MR) is 113 cm³/mol. The monoisotopic (exact) mass is 441 g/mol. The zero-order valence-electron chi connectivity index (χ0n) is 16.2. The quantitative estimate of drug-likeness (QED) is 0.607. The Hall–Kier alpha value is -1.99. The fourth-order valence-corrected chi connectivity index (χ4v) is 3.42. The van der Waals surface area contributed by atoms with Gasteiger partial charge in [0.25, 0.3) is 0 Å². The zero-order chi connectivity index (χ0) is 20.3. The van der Waals surface area contributed by atoms with Gasteiger partial charge in [-0.15, -0.1) is 12.4 Å². The third-order valence-electron chi connectivity index (χ3n) is 4.78. The molecule has 29 heavy (non-hydrogen) atoms. The highest BCUT2D eigenvalue weighted by molar-refractivity contribution is 6.30. The summed E-state index contributed by atoms with van der Waals surface area (Å²) in [5.41, 5.74) is 1.22. The Morgan fingerprint density at radius 2 is 1.93 bits per heavy atom. The summed E-state index contributed by atoms with van der Waals surface area (Å²) >= 11 is 6.09. The van der Waals surface area contributed by atoms with Crippen molar-refractivity contribution in [2.45, 2.75) is 38.0 Å². The SMILES string of the molecule is CC1(C)Oc2cc(Cl)ccc2C(NCCc2ccc(OCC(=O)O)cc2)C1O.Cl. The van der Waals surface area contributed by atoms with E-state index in [9.17, 15) is 9.90 Å². The van der Waals surface area contributed by atoms with Gasteiger partial charge in [0.15, 0.2) is 6.61 Å². The van der Waals surface area contributed by atoms with E-state index in [1.165, 1.54) is 0 Å². The van der Waals surface area contributed by atoms with Crippen LogP contribution in [0.25, 0.3) is 0 Å². The topological polar surface area (TPSA) is 88.0 Å². The Kier molecular flexibility index (Phi) is 7.77. The molecule has 0 radical (unpaired) electrons. The summed E-state index contributed by atoms with van der Waals surface area (Å²) in [5.74, 6) is 0.194. The average molecular weight is 442 g/mol. The summed E-state index contributed by atoms with van der Waals surface area (Å²) < 4.78 is 11.1. The molecule has 2 atom stereocenters. The van der Waals surface area contributed by atoms with Crippen molar-refractivity contribution in [1.29, 1.82) is 0 Å². The molecular formula is C21H25Cl2NO5. The van der Waals surface area contributed by atoms with Crippen LogP contribution in [-0.2, 0) is 11.2 Å². The van der Waals surface area contributed by atoms with Crippen molar-refractivity contribution >= 4 is 30.0 Å². The second-order valence-electron chi connectivity index (χ2n) is 7.34. The van der Waals surface area contributed by atoms with E-state index in [2.05, 4.69) is 5.32 Å². The first-order chi connectivity index (χ1) is 13.3. The molecule has 1 aliphatic rings. The maximum absolute atomic E-state index is 10.8. The first-order valence-corrected chi connectivity index (χ1v) is 9.47. The predicted octanol–water partition coefficient (Wildman–Crippen LogP) is 3.63. The van der Waals surface area contributed by atoms with Crippen molar-refractivity contribution in [2.75, 3.05) is 13.2 Å². The Morgan fingerprint density at radius 3 is 2.59 bits per heavy atom. The fraction of sp³-hybridized carbons (Fsp3) is 0.381. The molecule has 8 heteroatoms. The normalized spacial score (nSPS) is 19.4. The number of hydrogen-bond acceptors (Lipinski definition) is 5. The summed E-state index contributed by atoms with van der Waals surface area (Å²) in [6.45, 7) is 4.00. The van der Waals surface area contributed by atoms with Gasteiger partial charge in [-0.05, 0) is 56.6 Å². The molecule has 0 saturated heterocycles. The fourth-order valence-electron chi connectivity index (χ4n) is 3.26. The number of carboxylic acids is 1. The number of fused-ring (bicyclic) bond motifs is 1. The van der Waals surface area contributed by atoms with E-state index in [-0.39, 0.29) is 25.1 Å². The lowest BCUT2D eigenvalue weighted by Crippen LogP contribution is -2.52. The van der Waals surface area contributed by atoms with Crippen LogP contribution >= 0.6 is 24.0 Å². The maximum atomic E-state index is 10.8. The van der Waals surface area contributed by atoms with Gasteiger partial charge < -0.3 is 25.0 Å². The van der Waals surface area contributed by atoms with E-state index < -0.39 is 17.7 Å². The van der Waals surface area contributed by atoms with Gasteiger partial charge in [0.05, 0.1) is 6.04 Å². The summed E-state index contributed by atoms with van der Waals surface area (Å²) in [4.78, 5) is 10.5. The molecule has 0 amide bonds. The zero-order valence-corrected chi connectivity index (χ0v) is 17.8. The van der Waals surface area contributed by atoms with Crippen molar-refractivity contribution in [3.63, 3.8) is 0 Å². The van der Waals surface area contributed by atoms with Crippen LogP contribution in [-0.4, -0.2) is 41.0 Å². The van der Waals surface area contributed by atoms with Gasteiger partial charge in [-0.25, -0.2) is 4.79 Å². The molecule has 0 aromatic heterocycles. The average Bonchev–Trinajstić information content (AvgIpc) is 2.63. The number of ether oxygens (including phenoxy) is 2. The highest BCUT2D eigenvalue weighted by Gasteiger charge is 2.42. The number of aliphatic carboxylic acids is 1. The summed E-state index contributed by atoms with van der Waals surface area (Å²) in [7, 11) is 0. The van der Waals surface area contributed by atoms with Gasteiger partial charge in [-0.3, -0.25) is 0 Å². The smallest absolute Gasteiger partial charge is 0.341 e. The first-order valence-electron chi connectivity index (χ1n) is 9.10. The molecule has 3 N–H and O–H groups in total. The first kappa shape index (κ1) is 23.3. The number of halogens is 2. The molecule has 1 heterocycles. The van der Waals surface area contributed by atoms with Crippen LogP contribution in [0, 0.1) is 0 Å². The van der Waals surface area contributed by atoms with Gasteiger partial charge in [-0.1, -0.05) is 29.8 Å². The second kappa shape index (κ2) is 9.67. The van der Waals surface area contributed by atoms with Crippen LogP contribution in [0.1, 0.15) is 31.0 Å². The van der Waals surface area contributed by atoms with Crippen LogP contribution in [0.5, 0.6) is 11.5 Å². The van der Waals surface area contributed by atoms with E-state index in [0.717, 1.165) is 17.5 Å². The standard InChI is InChI=1S/C21H24ClNO5.ClH/c1-21(2)20(26)19(16-8-5-14(22)11-17(16)28-21)23-10-9-13-3-6-15(7-4-13)27-12-18(24)25;/h3-8,11,19-20,23,26H,9-10,12H2,1-2H3,(H,24,25);1H. The number of carboxylic acid groups (broad SMARTS) is 1. The van der Waals surface area contributed by atoms with Crippen molar-refractivity contribution in [2.24, 2.45) is 0 Å². The summed E-state index contributed by atoms with van der Waals surface area (Å²) in [6, 6.07) is 12.5. The molecule has 1 aliphatic heterocycles. The number of nitrogens with one attached hydrogen (secondary N) is 1. The Bertz CT molecular complexity index is 841. The van der Waals surface area contributed by atoms with Gasteiger partial charge in [0.1, 0.15) is 23.2 Å². The molecule has 2 aromatic rings. The molecule has 0 spiro atoms. The van der Waals surface area contributed by atoms with Crippen LogP contribution in [0.3, 0.4) is 0 Å². The van der Waals surface area contributed by atoms with Gasteiger partial charge in [0, 0.05) is 10.6 Å². The second-order valence-corrected chi connectivity index (χ2v) is 7.78. The van der Waals surface area contributed by atoms with Crippen LogP contribution in [0.4, 0.5) is 0 Å². The molecule has 3 rings (SSSR count). The third-order valence-corrected chi connectivity index (χ3v) is 5.01. The molecule has 0 fully saturated rings. The number of aliphatic hydroxyl groups excluding tert-OH is 1. The van der Waals surface area contributed by atoms with Crippen molar-refractivity contribution in [1.82, 2.24) is 5.32 Å². The number of benzene rings is 2. The lowest BCUT2D eigenvalue weighted by atomic mass is 9.86. The van der Waals surface area contributed by atoms with E-state index in [1.807, 2.05) is 32.0 Å². The van der Waals surface area contributed by atoms with Crippen molar-refractivity contribution in [3.05, 3.63) is 58.6 Å². The molecule has 0 saturated carbocycles. The van der Waals surface area contributed by atoms with Gasteiger partial charge in [-0.2, -0.15) is 0 Å². The molecule has 2 unspecified atom stereocenters. The molecule has 0 bridgehead atoms. The van der Waals surface area contributed by atoms with E-state index in [4.69, 9.17) is 26.2 Å². The van der Waals surface area contributed by atoms with Crippen molar-refractivity contribution < 1.29 is 24.5 Å². The highest BCUT2D eigenvalue weighted by Crippen LogP contribution is 2.40. The molecular weight excluding hydrogens is 417 g/mol. The lowest BCUT2D eigenvalue weighted by molar-refractivity contribution is -0.139. The Morgan fingerprint density at radius 1 is 1.24 bits per heavy atom. The molecule has 0 aliphatic carbocycles. The minimum Gasteiger partial charge on any atom is -0.485 e. The number of aliphatic hydroxyl groups is 1. The Labute approximate surface area is 181 Å². The van der Waals surface area contributed by atoms with Crippen LogP contribution in [0.15, 0.2) is 42.5 Å². The molecule has 6 nitrogen and oxygen atoms in total. The number of rotatable bonds is 7. The Balaban J connectivity index is 0.00000300. The number of hydrogen-bond donors (Lipinski definition) is 3. The van der Waals surface area contributed by atoms with E-state index >= 15 is 0 Å². The van der Waals surface area contributed by atoms with Crippen molar-refractivity contribution in [3.8, 4) is 11.5 Å². The van der Waals surface area contributed by atoms with Crippen LogP contribution in [0.2, 0.25) is 5.02 Å². The lowest BCUT2D eigenvalue weighted by Gasteiger charge is -2.42. The molecule has 2 aromatic carbocycles.